The second kappa shape index (κ2) is 5.99. The molecule has 3 heteroatoms. The van der Waals surface area contributed by atoms with Gasteiger partial charge in [-0.1, -0.05) is 6.42 Å². The molecule has 94 valence electrons. The summed E-state index contributed by atoms with van der Waals surface area (Å²) in [6, 6.07) is 0. The topological polar surface area (TPSA) is 38.5 Å². The number of hydrogen-bond donors (Lipinski definition) is 1. The van der Waals surface area contributed by atoms with Crippen molar-refractivity contribution in [2.24, 2.45) is 17.6 Å². The highest BCUT2D eigenvalue weighted by Crippen LogP contribution is 2.32. The van der Waals surface area contributed by atoms with Gasteiger partial charge in [0.1, 0.15) is 0 Å². The molecule has 1 saturated heterocycles. The van der Waals surface area contributed by atoms with Crippen molar-refractivity contribution in [3.05, 3.63) is 0 Å². The molecule has 1 aliphatic heterocycles. The van der Waals surface area contributed by atoms with E-state index in [2.05, 4.69) is 4.90 Å². The van der Waals surface area contributed by atoms with E-state index in [9.17, 15) is 0 Å². The normalized spacial score (nSPS) is 36.8. The summed E-state index contributed by atoms with van der Waals surface area (Å²) in [5.74, 6) is 1.63. The molecule has 3 nitrogen and oxygen atoms in total. The maximum Gasteiger partial charge on any atom is 0.0698 e. The van der Waals surface area contributed by atoms with Crippen molar-refractivity contribution in [3.8, 4) is 0 Å². The van der Waals surface area contributed by atoms with Crippen LogP contribution >= 0.6 is 0 Å². The van der Waals surface area contributed by atoms with Crippen molar-refractivity contribution in [1.29, 1.82) is 0 Å². The van der Waals surface area contributed by atoms with Crippen LogP contribution in [0.5, 0.6) is 0 Å². The highest BCUT2D eigenvalue weighted by Gasteiger charge is 2.29. The highest BCUT2D eigenvalue weighted by atomic mass is 16.5. The predicted molar refractivity (Wildman–Crippen MR) is 66.4 cm³/mol. The van der Waals surface area contributed by atoms with Gasteiger partial charge in [-0.15, -0.1) is 0 Å². The first-order chi connectivity index (χ1) is 7.83. The summed E-state index contributed by atoms with van der Waals surface area (Å²) >= 11 is 0. The van der Waals surface area contributed by atoms with E-state index in [-0.39, 0.29) is 0 Å². The third kappa shape index (κ3) is 2.96. The van der Waals surface area contributed by atoms with Crippen LogP contribution in [0, 0.1) is 11.8 Å². The number of piperidine rings is 1. The van der Waals surface area contributed by atoms with Gasteiger partial charge in [0.05, 0.1) is 6.10 Å². The summed E-state index contributed by atoms with van der Waals surface area (Å²) in [5.41, 5.74) is 5.84. The molecule has 2 N–H and O–H groups in total. The summed E-state index contributed by atoms with van der Waals surface area (Å²) in [6.07, 6.45) is 7.11. The number of hydrogen-bond acceptors (Lipinski definition) is 3. The second-order valence-corrected chi connectivity index (χ2v) is 5.45. The zero-order chi connectivity index (χ0) is 11.4. The standard InChI is InChI=1S/C13H26N2O/c1-16-13-6-3-7-15(10-13)9-12-5-2-4-11(12)8-14/h11-13H,2-10,14H2,1H3. The first-order valence-electron chi connectivity index (χ1n) is 6.78. The van der Waals surface area contributed by atoms with Crippen LogP contribution in [0.2, 0.25) is 0 Å². The van der Waals surface area contributed by atoms with Gasteiger partial charge in [0.25, 0.3) is 0 Å². The van der Waals surface area contributed by atoms with Gasteiger partial charge in [0.15, 0.2) is 0 Å². The molecule has 2 aliphatic rings. The van der Waals surface area contributed by atoms with Crippen LogP contribution in [0.15, 0.2) is 0 Å². The van der Waals surface area contributed by atoms with Crippen LogP contribution in [0.25, 0.3) is 0 Å². The summed E-state index contributed by atoms with van der Waals surface area (Å²) in [7, 11) is 1.84. The van der Waals surface area contributed by atoms with Crippen molar-refractivity contribution in [1.82, 2.24) is 4.90 Å². The van der Waals surface area contributed by atoms with Crippen molar-refractivity contribution < 1.29 is 4.74 Å². The maximum absolute atomic E-state index is 5.84. The molecule has 2 fully saturated rings. The Bertz CT molecular complexity index is 210. The van der Waals surface area contributed by atoms with E-state index in [1.54, 1.807) is 0 Å². The lowest BCUT2D eigenvalue weighted by molar-refractivity contribution is 0.0238. The lowest BCUT2D eigenvalue weighted by Crippen LogP contribution is -2.42. The van der Waals surface area contributed by atoms with Crippen molar-refractivity contribution >= 4 is 0 Å². The lowest BCUT2D eigenvalue weighted by atomic mass is 9.94. The van der Waals surface area contributed by atoms with Gasteiger partial charge in [-0.3, -0.25) is 0 Å². The van der Waals surface area contributed by atoms with Crippen molar-refractivity contribution in [3.63, 3.8) is 0 Å². The maximum atomic E-state index is 5.84. The summed E-state index contributed by atoms with van der Waals surface area (Å²) in [5, 5.41) is 0. The zero-order valence-corrected chi connectivity index (χ0v) is 10.5. The molecule has 0 bridgehead atoms. The lowest BCUT2D eigenvalue weighted by Gasteiger charge is -2.34. The smallest absolute Gasteiger partial charge is 0.0698 e. The fourth-order valence-electron chi connectivity index (χ4n) is 3.37. The molecule has 0 aromatic rings. The molecule has 2 rings (SSSR count). The Morgan fingerprint density at radius 3 is 2.75 bits per heavy atom. The Morgan fingerprint density at radius 1 is 1.19 bits per heavy atom. The largest absolute Gasteiger partial charge is 0.380 e. The van der Waals surface area contributed by atoms with Gasteiger partial charge < -0.3 is 15.4 Å². The van der Waals surface area contributed by atoms with Crippen LogP contribution in [0.1, 0.15) is 32.1 Å². The summed E-state index contributed by atoms with van der Waals surface area (Å²) < 4.78 is 5.47. The quantitative estimate of drug-likeness (QED) is 0.789. The number of methoxy groups -OCH3 is 1. The number of likely N-dealkylation sites (tertiary alicyclic amines) is 1. The minimum absolute atomic E-state index is 0.464. The van der Waals surface area contributed by atoms with Gasteiger partial charge in [-0.25, -0.2) is 0 Å². The second-order valence-electron chi connectivity index (χ2n) is 5.45. The Balaban J connectivity index is 1.79. The molecule has 0 amide bonds. The summed E-state index contributed by atoms with van der Waals surface area (Å²) in [6.45, 7) is 4.52. The van der Waals surface area contributed by atoms with Crippen LogP contribution in [-0.2, 0) is 4.74 Å². The zero-order valence-electron chi connectivity index (χ0n) is 10.5. The van der Waals surface area contributed by atoms with E-state index in [1.165, 1.54) is 45.2 Å². The highest BCUT2D eigenvalue weighted by molar-refractivity contribution is 4.83. The molecule has 0 spiro atoms. The molecule has 3 atom stereocenters. The van der Waals surface area contributed by atoms with Gasteiger partial charge in [-0.05, 0) is 50.6 Å². The number of rotatable bonds is 4. The van der Waals surface area contributed by atoms with Gasteiger partial charge in [0, 0.05) is 20.2 Å². The molecule has 1 aliphatic carbocycles. The summed E-state index contributed by atoms with van der Waals surface area (Å²) in [4.78, 5) is 2.59. The molecular formula is C13H26N2O. The number of nitrogens with two attached hydrogens (primary N) is 1. The molecule has 3 unspecified atom stereocenters. The fraction of sp³-hybridized carbons (Fsp3) is 1.00. The monoisotopic (exact) mass is 226 g/mol. The molecular weight excluding hydrogens is 200 g/mol. The Hall–Kier alpha value is -0.120. The molecule has 1 saturated carbocycles. The number of ether oxygens (including phenoxy) is 1. The van der Waals surface area contributed by atoms with E-state index in [0.717, 1.165) is 24.9 Å². The Kier molecular flexibility index (Phi) is 4.62. The van der Waals surface area contributed by atoms with Gasteiger partial charge in [-0.2, -0.15) is 0 Å². The first kappa shape index (κ1) is 12.3. The van der Waals surface area contributed by atoms with Crippen molar-refractivity contribution in [2.75, 3.05) is 33.3 Å². The van der Waals surface area contributed by atoms with E-state index in [4.69, 9.17) is 10.5 Å². The molecule has 16 heavy (non-hydrogen) atoms. The predicted octanol–water partition coefficient (Wildman–Crippen LogP) is 1.47. The third-order valence-electron chi connectivity index (χ3n) is 4.41. The van der Waals surface area contributed by atoms with Gasteiger partial charge in [0.2, 0.25) is 0 Å². The molecule has 1 heterocycles. The van der Waals surface area contributed by atoms with Crippen LogP contribution in [0.4, 0.5) is 0 Å². The van der Waals surface area contributed by atoms with Crippen LogP contribution in [-0.4, -0.2) is 44.3 Å². The number of nitrogens with zero attached hydrogens (tertiary/aromatic N) is 1. The third-order valence-corrected chi connectivity index (χ3v) is 4.41. The van der Waals surface area contributed by atoms with E-state index in [1.807, 2.05) is 7.11 Å². The van der Waals surface area contributed by atoms with Crippen molar-refractivity contribution in [2.45, 2.75) is 38.2 Å². The van der Waals surface area contributed by atoms with E-state index < -0.39 is 0 Å². The average Bonchev–Trinajstić information content (AvgIpc) is 2.76. The molecule has 0 radical (unpaired) electrons. The molecule has 0 aromatic heterocycles. The van der Waals surface area contributed by atoms with E-state index >= 15 is 0 Å². The SMILES string of the molecule is COC1CCCN(CC2CCCC2CN)C1. The Morgan fingerprint density at radius 2 is 2.00 bits per heavy atom. The fourth-order valence-corrected chi connectivity index (χ4v) is 3.37. The molecule has 0 aromatic carbocycles. The van der Waals surface area contributed by atoms with E-state index in [0.29, 0.717) is 6.10 Å². The minimum Gasteiger partial charge on any atom is -0.380 e. The van der Waals surface area contributed by atoms with Crippen LogP contribution < -0.4 is 5.73 Å². The average molecular weight is 226 g/mol. The van der Waals surface area contributed by atoms with Crippen LogP contribution in [0.3, 0.4) is 0 Å². The minimum atomic E-state index is 0.464. The first-order valence-corrected chi connectivity index (χ1v) is 6.78. The van der Waals surface area contributed by atoms with Gasteiger partial charge >= 0.3 is 0 Å². The Labute approximate surface area is 99.3 Å².